The molecule has 0 saturated carbocycles. The summed E-state index contributed by atoms with van der Waals surface area (Å²) < 4.78 is 0. The highest BCUT2D eigenvalue weighted by Crippen LogP contribution is 2.19. The topological polar surface area (TPSA) is 74.5 Å². The van der Waals surface area contributed by atoms with E-state index in [9.17, 15) is 0 Å². The van der Waals surface area contributed by atoms with E-state index in [-0.39, 0.29) is 0 Å². The first-order valence-electron chi connectivity index (χ1n) is 54.7. The lowest BCUT2D eigenvalue weighted by molar-refractivity contribution is 0.0875. The van der Waals surface area contributed by atoms with E-state index in [1.165, 1.54) is 367 Å². The summed E-state index contributed by atoms with van der Waals surface area (Å²) in [6.45, 7) is 142. The molecule has 23 heteroatoms. The monoisotopic (exact) mass is 1820 g/mol. The summed E-state index contributed by atoms with van der Waals surface area (Å²) >= 11 is 0. The average molecular weight is 1820 g/mol. The van der Waals surface area contributed by atoms with E-state index in [1.54, 1.807) is 0 Å². The number of nitrogens with zero attached hydrogens (tertiary/aromatic N) is 23. The molecule has 5 unspecified atom stereocenters. The second-order valence-electron chi connectivity index (χ2n) is 41.3. The molecule has 0 aromatic carbocycles. The summed E-state index contributed by atoms with van der Waals surface area (Å²) in [5.74, 6) is 4.36. The Morgan fingerprint density at radius 3 is 0.617 bits per heavy atom. The van der Waals surface area contributed by atoms with Gasteiger partial charge in [-0.05, 0) is 182 Å². The molecule has 128 heavy (non-hydrogen) atoms. The smallest absolute Gasteiger partial charge is 0.0246 e. The minimum atomic E-state index is 0.660. The van der Waals surface area contributed by atoms with Crippen LogP contribution in [0.25, 0.3) is 0 Å². The third-order valence-electron chi connectivity index (χ3n) is 30.8. The standard InChI is InChI=1S/5C18H40N4.C15H33N3/c1-7-20-11-9-19(6)10-15-22(18(5)17(3)4)16-14-21(8-2)13-12-20;1-7-20-12-10-19(6)11-15-22(9-3)18(17(4)5)16-21(8-2)14-13-20;1-7-20-11-10-19(6)18(17(4)5)16-22(9-3)15-14-21(8-2)13-12-20;1-7-20-11-10-19(6)16-18(17(4)5)22(9-3)15-14-21(8-2)13-12-20;1-6-19-9-11-20(7-2)13-15-22(17-18(4)5)16-14-21(8-3)12-10-19;1-6-16-8-9-17(7-2)11-13-18(12-10-16)15(5)14(3)4/h4*17-18H,7-16H2,1-6H3;18H,6-17H2,1-5H3;14-15H,6-13H2,1-5H3. The molecule has 0 radical (unpaired) electrons. The number of hydrogen-bond acceptors (Lipinski definition) is 23. The first-order valence-corrected chi connectivity index (χ1v) is 54.7. The first kappa shape index (κ1) is 125. The Morgan fingerprint density at radius 1 is 0.180 bits per heavy atom. The Labute approximate surface area is 802 Å². The van der Waals surface area contributed by atoms with Crippen LogP contribution in [0.2, 0.25) is 0 Å². The average Bonchev–Trinajstić information content (AvgIpc) is 1.05. The van der Waals surface area contributed by atoms with Crippen LogP contribution >= 0.6 is 0 Å². The van der Waals surface area contributed by atoms with Gasteiger partial charge in [0.1, 0.15) is 0 Å². The third-order valence-corrected chi connectivity index (χ3v) is 30.8. The molecule has 6 aliphatic heterocycles. The molecular weight excluding hydrogens is 1580 g/mol. The Kier molecular flexibility index (Phi) is 74.3. The van der Waals surface area contributed by atoms with Crippen molar-refractivity contribution in [2.24, 2.45) is 35.5 Å². The van der Waals surface area contributed by atoms with Gasteiger partial charge in [0.25, 0.3) is 0 Å². The summed E-state index contributed by atoms with van der Waals surface area (Å²) in [6, 6.07) is 3.37. The van der Waals surface area contributed by atoms with Crippen molar-refractivity contribution in [2.45, 2.75) is 238 Å². The summed E-state index contributed by atoms with van der Waals surface area (Å²) in [4.78, 5) is 60.2. The van der Waals surface area contributed by atoms with Crippen LogP contribution in [-0.4, -0.2) is 564 Å². The van der Waals surface area contributed by atoms with Crippen molar-refractivity contribution in [3.63, 3.8) is 0 Å². The zero-order chi connectivity index (χ0) is 96.1. The van der Waals surface area contributed by atoms with E-state index in [2.05, 4.69) is 349 Å². The highest BCUT2D eigenvalue weighted by atomic mass is 15.3. The van der Waals surface area contributed by atoms with Crippen molar-refractivity contribution in [2.75, 3.05) is 421 Å². The molecule has 6 rings (SSSR count). The highest BCUT2D eigenvalue weighted by molar-refractivity contribution is 4.86. The van der Waals surface area contributed by atoms with E-state index in [0.29, 0.717) is 48.0 Å². The molecule has 6 aliphatic rings. The molecule has 0 spiro atoms. The number of likely N-dealkylation sites (N-methyl/N-ethyl adjacent to an activating group) is 20. The Balaban J connectivity index is 0.000000769. The number of rotatable bonds is 25. The lowest BCUT2D eigenvalue weighted by Gasteiger charge is -2.39. The molecule has 6 fully saturated rings. The Hall–Kier alpha value is -0.920. The molecule has 0 aliphatic carbocycles. The van der Waals surface area contributed by atoms with Gasteiger partial charge in [0.05, 0.1) is 0 Å². The van der Waals surface area contributed by atoms with Gasteiger partial charge in [-0.15, -0.1) is 0 Å². The van der Waals surface area contributed by atoms with Gasteiger partial charge in [0.2, 0.25) is 0 Å². The zero-order valence-corrected chi connectivity index (χ0v) is 93.1. The fourth-order valence-electron chi connectivity index (χ4n) is 19.1. The van der Waals surface area contributed by atoms with E-state index < -0.39 is 0 Å². The Bertz CT molecular complexity index is 2370. The third kappa shape index (κ3) is 55.0. The molecule has 6 saturated heterocycles. The molecule has 0 aromatic rings. The summed E-state index contributed by atoms with van der Waals surface area (Å²) in [7, 11) is 9.16. The van der Waals surface area contributed by atoms with Crippen LogP contribution in [-0.2, 0) is 0 Å². The maximum Gasteiger partial charge on any atom is 0.0246 e. The van der Waals surface area contributed by atoms with Crippen LogP contribution in [0.1, 0.15) is 208 Å². The van der Waals surface area contributed by atoms with Gasteiger partial charge in [-0.2, -0.15) is 0 Å². The van der Waals surface area contributed by atoms with Crippen LogP contribution in [0, 0.1) is 35.5 Å². The van der Waals surface area contributed by atoms with Crippen molar-refractivity contribution < 1.29 is 0 Å². The van der Waals surface area contributed by atoms with Crippen LogP contribution in [0.5, 0.6) is 0 Å². The first-order chi connectivity index (χ1) is 61.2. The predicted octanol–water partition coefficient (Wildman–Crippen LogP) is 11.6. The molecule has 0 aromatic heterocycles. The zero-order valence-electron chi connectivity index (χ0n) is 93.1. The molecule has 23 nitrogen and oxygen atoms in total. The van der Waals surface area contributed by atoms with Gasteiger partial charge in [-0.3, -0.25) is 19.6 Å². The molecule has 5 atom stereocenters. The van der Waals surface area contributed by atoms with Crippen molar-refractivity contribution in [3.8, 4) is 0 Å². The summed E-state index contributed by atoms with van der Waals surface area (Å²) in [6.07, 6.45) is 0. The quantitative estimate of drug-likeness (QED) is 0.0870. The van der Waals surface area contributed by atoms with E-state index in [0.717, 1.165) is 43.9 Å². The predicted molar refractivity (Wildman–Crippen MR) is 568 cm³/mol. The SMILES string of the molecule is CCN1CCN(C)CC(C(C)C)N(CC)CCN(CC)CC1.CCN1CCN(C)CCN(C(C)C(C)C)CCN(CC)CC1.CCN1CCN(C)CCN(CC)C(C(C)C)CN(CC)CC1.CCN1CCN(CC)CCN(C(C)C(C)C)CC1.CCN1CCN(CC)CCN(C)C(C(C)C)CN(CC)CC1.CCN1CCN(CC)CCN(CC(C)C)CCN(CC)CC1. The minimum absolute atomic E-state index is 0.660. The fraction of sp³-hybridized carbons (Fsp3) is 1.00. The lowest BCUT2D eigenvalue weighted by atomic mass is 10.0. The molecule has 0 bridgehead atoms. The van der Waals surface area contributed by atoms with E-state index >= 15 is 0 Å². The second kappa shape index (κ2) is 76.0. The normalized spacial score (nSPS) is 24.8. The van der Waals surface area contributed by atoms with Gasteiger partial charge in [-0.25, -0.2) is 0 Å². The van der Waals surface area contributed by atoms with Crippen molar-refractivity contribution in [1.82, 2.24) is 113 Å². The van der Waals surface area contributed by atoms with Crippen molar-refractivity contribution in [1.29, 1.82) is 0 Å². The van der Waals surface area contributed by atoms with Crippen LogP contribution < -0.4 is 0 Å². The highest BCUT2D eigenvalue weighted by Gasteiger charge is 2.30. The largest absolute Gasteiger partial charge is 0.304 e. The van der Waals surface area contributed by atoms with Gasteiger partial charge in [-0.1, -0.05) is 194 Å². The fourth-order valence-corrected chi connectivity index (χ4v) is 19.1. The van der Waals surface area contributed by atoms with Crippen LogP contribution in [0.15, 0.2) is 0 Å². The van der Waals surface area contributed by atoms with Gasteiger partial charge in [0, 0.05) is 318 Å². The maximum absolute atomic E-state index is 2.70. The second-order valence-corrected chi connectivity index (χ2v) is 41.3. The van der Waals surface area contributed by atoms with Gasteiger partial charge >= 0.3 is 0 Å². The van der Waals surface area contributed by atoms with E-state index in [1.807, 2.05) is 0 Å². The lowest BCUT2D eigenvalue weighted by Crippen LogP contribution is -2.51. The Morgan fingerprint density at radius 2 is 0.367 bits per heavy atom. The van der Waals surface area contributed by atoms with Crippen LogP contribution in [0.4, 0.5) is 0 Å². The molecule has 0 N–H and O–H groups in total. The minimum Gasteiger partial charge on any atom is -0.304 e. The van der Waals surface area contributed by atoms with Gasteiger partial charge in [0.15, 0.2) is 0 Å². The molecular formula is C105H233N23. The summed E-state index contributed by atoms with van der Waals surface area (Å²) in [5.41, 5.74) is 0. The van der Waals surface area contributed by atoms with Crippen molar-refractivity contribution >= 4 is 0 Å². The maximum atomic E-state index is 2.70. The number of hydrogen-bond donors (Lipinski definition) is 0. The summed E-state index contributed by atoms with van der Waals surface area (Å²) in [5, 5.41) is 0. The molecule has 0 amide bonds. The van der Waals surface area contributed by atoms with Crippen LogP contribution in [0.3, 0.4) is 0 Å². The van der Waals surface area contributed by atoms with E-state index in [4.69, 9.17) is 0 Å². The van der Waals surface area contributed by atoms with Crippen molar-refractivity contribution in [3.05, 3.63) is 0 Å². The molecule has 6 heterocycles. The van der Waals surface area contributed by atoms with Gasteiger partial charge < -0.3 is 93.1 Å². The molecule has 768 valence electrons.